The van der Waals surface area contributed by atoms with Crippen LogP contribution in [0.1, 0.15) is 32.7 Å². The summed E-state index contributed by atoms with van der Waals surface area (Å²) >= 11 is 1.16. The number of sulfone groups is 1. The van der Waals surface area contributed by atoms with E-state index in [0.717, 1.165) is 38.5 Å². The number of methoxy groups -OCH3 is 3. The molecular weight excluding hydrogens is 691 g/mol. The van der Waals surface area contributed by atoms with Crippen LogP contribution in [0.3, 0.4) is 0 Å². The molecule has 5 rings (SSSR count). The highest BCUT2D eigenvalue weighted by molar-refractivity contribution is 7.99. The van der Waals surface area contributed by atoms with Crippen LogP contribution in [0.25, 0.3) is 11.0 Å². The van der Waals surface area contributed by atoms with Gasteiger partial charge in [-0.25, -0.2) is 30.6 Å². The van der Waals surface area contributed by atoms with Gasteiger partial charge >= 0.3 is 5.97 Å². The molecule has 0 atom stereocenters. The first-order valence-corrected chi connectivity index (χ1v) is 19.0. The monoisotopic (exact) mass is 725 g/mol. The van der Waals surface area contributed by atoms with Crippen LogP contribution in [0.2, 0.25) is 0 Å². The molecule has 0 N–H and O–H groups in total. The van der Waals surface area contributed by atoms with Crippen molar-refractivity contribution in [3.63, 3.8) is 0 Å². The summed E-state index contributed by atoms with van der Waals surface area (Å²) in [7, 11) is -3.80. The molecule has 15 heteroatoms. The molecule has 5 aromatic rings. The van der Waals surface area contributed by atoms with E-state index in [2.05, 4.69) is 9.97 Å². The van der Waals surface area contributed by atoms with Crippen molar-refractivity contribution in [3.8, 4) is 17.2 Å². The molecule has 2 aromatic heterocycles. The Labute approximate surface area is 289 Å². The zero-order valence-corrected chi connectivity index (χ0v) is 30.2. The van der Waals surface area contributed by atoms with Gasteiger partial charge in [0, 0.05) is 29.1 Å². The van der Waals surface area contributed by atoms with Crippen LogP contribution < -0.4 is 14.2 Å². The maximum atomic E-state index is 14.5. The molecule has 0 unspecified atom stereocenters. The quantitative estimate of drug-likeness (QED) is 0.111. The minimum Gasteiger partial charge on any atom is -0.497 e. The lowest BCUT2D eigenvalue weighted by Crippen LogP contribution is -2.18. The van der Waals surface area contributed by atoms with Crippen molar-refractivity contribution in [1.29, 1.82) is 0 Å². The molecule has 0 spiro atoms. The Kier molecular flexibility index (Phi) is 10.6. The number of carbonyl (C=O) groups is 1. The van der Waals surface area contributed by atoms with Gasteiger partial charge in [0.15, 0.2) is 15.0 Å². The van der Waals surface area contributed by atoms with Gasteiger partial charge in [-0.05, 0) is 63.2 Å². The summed E-state index contributed by atoms with van der Waals surface area (Å²) in [4.78, 5) is 22.1. The van der Waals surface area contributed by atoms with Gasteiger partial charge < -0.3 is 18.9 Å². The normalized spacial score (nSPS) is 11.8. The van der Waals surface area contributed by atoms with Gasteiger partial charge in [0.05, 0.1) is 54.3 Å². The fourth-order valence-electron chi connectivity index (χ4n) is 5.11. The predicted octanol–water partition coefficient (Wildman–Crippen LogP) is 5.54. The Morgan fingerprint density at radius 2 is 1.61 bits per heavy atom. The third-order valence-electron chi connectivity index (χ3n) is 7.76. The average molecular weight is 726 g/mol. The minimum absolute atomic E-state index is 0.0226. The van der Waals surface area contributed by atoms with E-state index in [0.29, 0.717) is 22.7 Å². The van der Waals surface area contributed by atoms with Gasteiger partial charge in [0.2, 0.25) is 0 Å². The summed E-state index contributed by atoms with van der Waals surface area (Å²) in [6.07, 6.45) is 1.69. The molecule has 49 heavy (non-hydrogen) atoms. The Hall–Kier alpha value is -4.60. The molecule has 258 valence electrons. The zero-order chi connectivity index (χ0) is 35.5. The SMILES string of the molecule is COc1ccc2c(c1)nc(SCc1ncc(C)c(OC)c1C)n2S(=O)(=O)c1cc(C(=O)OCCS(=O)(=O)c2ccc(C)cc2)ccc1OC. The number of rotatable bonds is 13. The maximum Gasteiger partial charge on any atom is 0.338 e. The first-order valence-electron chi connectivity index (χ1n) is 14.9. The van der Waals surface area contributed by atoms with Crippen molar-refractivity contribution in [2.45, 2.75) is 41.5 Å². The van der Waals surface area contributed by atoms with Crippen LogP contribution in [-0.2, 0) is 30.4 Å². The van der Waals surface area contributed by atoms with Crippen LogP contribution in [0.5, 0.6) is 17.2 Å². The van der Waals surface area contributed by atoms with Gasteiger partial charge in [0.1, 0.15) is 28.8 Å². The van der Waals surface area contributed by atoms with Crippen LogP contribution >= 0.6 is 11.8 Å². The molecule has 3 aromatic carbocycles. The average Bonchev–Trinajstić information content (AvgIpc) is 3.46. The Morgan fingerprint density at radius 3 is 2.29 bits per heavy atom. The minimum atomic E-state index is -4.47. The second-order valence-corrected chi connectivity index (χ2v) is 15.8. The Balaban J connectivity index is 1.48. The highest BCUT2D eigenvalue weighted by Gasteiger charge is 2.30. The highest BCUT2D eigenvalue weighted by atomic mass is 32.2. The van der Waals surface area contributed by atoms with Crippen molar-refractivity contribution in [2.24, 2.45) is 0 Å². The number of ether oxygens (including phenoxy) is 4. The third kappa shape index (κ3) is 7.38. The van der Waals surface area contributed by atoms with Crippen molar-refractivity contribution in [3.05, 3.63) is 94.8 Å². The second kappa shape index (κ2) is 14.5. The highest BCUT2D eigenvalue weighted by Crippen LogP contribution is 2.36. The number of imidazole rings is 1. The number of nitrogens with zero attached hydrogens (tertiary/aromatic N) is 3. The van der Waals surface area contributed by atoms with Gasteiger partial charge in [-0.2, -0.15) is 0 Å². The van der Waals surface area contributed by atoms with Gasteiger partial charge in [-0.3, -0.25) is 4.98 Å². The number of hydrogen-bond acceptors (Lipinski definition) is 12. The number of aromatic nitrogens is 3. The van der Waals surface area contributed by atoms with E-state index < -0.39 is 38.2 Å². The number of pyridine rings is 1. The summed E-state index contributed by atoms with van der Waals surface area (Å²) in [5.41, 5.74) is 3.80. The van der Waals surface area contributed by atoms with Crippen LogP contribution in [0.15, 0.2) is 81.8 Å². The van der Waals surface area contributed by atoms with Gasteiger partial charge in [-0.15, -0.1) is 0 Å². The number of benzene rings is 3. The number of thioether (sulfide) groups is 1. The molecule has 0 amide bonds. The maximum absolute atomic E-state index is 14.5. The number of carbonyl (C=O) groups excluding carboxylic acids is 1. The zero-order valence-electron chi connectivity index (χ0n) is 27.7. The molecule has 0 aliphatic heterocycles. The summed E-state index contributed by atoms with van der Waals surface area (Å²) in [6.45, 7) is 5.18. The van der Waals surface area contributed by atoms with Gasteiger partial charge in [0.25, 0.3) is 10.0 Å². The smallest absolute Gasteiger partial charge is 0.338 e. The van der Waals surface area contributed by atoms with E-state index in [1.165, 1.54) is 38.5 Å². The summed E-state index contributed by atoms with van der Waals surface area (Å²) in [5, 5.41) is 0.139. The molecule has 0 fully saturated rings. The number of esters is 1. The van der Waals surface area contributed by atoms with Crippen LogP contribution in [-0.4, -0.2) is 70.4 Å². The lowest BCUT2D eigenvalue weighted by molar-refractivity contribution is 0.0529. The molecule has 0 radical (unpaired) electrons. The lowest BCUT2D eigenvalue weighted by Gasteiger charge is -2.15. The molecule has 12 nitrogen and oxygen atoms in total. The molecule has 0 aliphatic rings. The summed E-state index contributed by atoms with van der Waals surface area (Å²) in [6, 6.07) is 15.0. The fourth-order valence-corrected chi connectivity index (χ4v) is 9.13. The van der Waals surface area contributed by atoms with Crippen molar-refractivity contribution in [1.82, 2.24) is 13.9 Å². The third-order valence-corrected chi connectivity index (χ3v) is 12.2. The van der Waals surface area contributed by atoms with E-state index in [9.17, 15) is 21.6 Å². The largest absolute Gasteiger partial charge is 0.497 e. The van der Waals surface area contributed by atoms with E-state index in [1.54, 1.807) is 43.6 Å². The van der Waals surface area contributed by atoms with Crippen molar-refractivity contribution < 1.29 is 40.6 Å². The topological polar surface area (TPSA) is 153 Å². The van der Waals surface area contributed by atoms with Crippen molar-refractivity contribution >= 4 is 48.6 Å². The fraction of sp³-hybridized carbons (Fsp3) is 0.265. The number of aryl methyl sites for hydroxylation is 2. The molecular formula is C34H35N3O9S3. The van der Waals surface area contributed by atoms with E-state index >= 15 is 0 Å². The number of hydrogen-bond donors (Lipinski definition) is 0. The van der Waals surface area contributed by atoms with Gasteiger partial charge in [-0.1, -0.05) is 29.5 Å². The molecule has 0 saturated heterocycles. The molecule has 2 heterocycles. The van der Waals surface area contributed by atoms with E-state index in [4.69, 9.17) is 18.9 Å². The number of fused-ring (bicyclic) bond motifs is 1. The predicted molar refractivity (Wildman–Crippen MR) is 185 cm³/mol. The lowest BCUT2D eigenvalue weighted by atomic mass is 10.1. The van der Waals surface area contributed by atoms with Crippen LogP contribution in [0, 0.1) is 20.8 Å². The molecule has 0 aliphatic carbocycles. The second-order valence-electron chi connectivity index (χ2n) is 11.0. The first kappa shape index (κ1) is 35.7. The van der Waals surface area contributed by atoms with Crippen LogP contribution in [0.4, 0.5) is 0 Å². The summed E-state index contributed by atoms with van der Waals surface area (Å²) in [5.74, 6) is 0.0766. The van der Waals surface area contributed by atoms with E-state index in [1.807, 2.05) is 20.8 Å². The molecule has 0 bridgehead atoms. The Morgan fingerprint density at radius 1 is 0.878 bits per heavy atom. The van der Waals surface area contributed by atoms with E-state index in [-0.39, 0.29) is 37.5 Å². The standard InChI is InChI=1S/C34H35N3O9S3/c1-21-7-11-26(12-8-21)48(39,40)16-15-46-33(38)24-9-14-30(44-5)31(17-24)49(41,42)37-29-13-10-25(43-4)18-27(29)36-34(37)47-20-28-23(3)32(45-6)22(2)19-35-28/h7-14,17-19H,15-16,20H2,1-6H3. The van der Waals surface area contributed by atoms with Crippen molar-refractivity contribution in [2.75, 3.05) is 33.7 Å². The Bertz CT molecular complexity index is 2250. The first-order chi connectivity index (χ1) is 23.3. The summed E-state index contributed by atoms with van der Waals surface area (Å²) < 4.78 is 77.2. The molecule has 0 saturated carbocycles.